The molecule has 1 amide bonds. The lowest BCUT2D eigenvalue weighted by Crippen LogP contribution is -2.49. The zero-order valence-corrected chi connectivity index (χ0v) is 24.2. The van der Waals surface area contributed by atoms with Crippen molar-refractivity contribution < 1.29 is 23.1 Å². The smallest absolute Gasteiger partial charge is 0.264 e. The normalized spacial score (nSPS) is 24.5. The highest BCUT2D eigenvalue weighted by Crippen LogP contribution is 2.46. The molecule has 2 aromatic rings. The van der Waals surface area contributed by atoms with Crippen LogP contribution in [-0.4, -0.2) is 51.0 Å². The van der Waals surface area contributed by atoms with E-state index in [4.69, 9.17) is 16.3 Å². The first-order valence-corrected chi connectivity index (χ1v) is 15.9. The molecule has 0 aromatic heterocycles. The van der Waals surface area contributed by atoms with E-state index in [1.165, 1.54) is 17.2 Å². The number of aliphatic hydroxyl groups excluding tert-OH is 1. The molecule has 2 aromatic carbocycles. The Hall–Kier alpha value is -2.81. The molecule has 7 nitrogen and oxygen atoms in total. The van der Waals surface area contributed by atoms with Crippen LogP contribution in [-0.2, 0) is 21.9 Å². The van der Waals surface area contributed by atoms with E-state index in [0.717, 1.165) is 42.8 Å². The summed E-state index contributed by atoms with van der Waals surface area (Å²) in [4.78, 5) is 15.3. The van der Waals surface area contributed by atoms with Gasteiger partial charge in [-0.25, -0.2) is 13.1 Å². The third-order valence-corrected chi connectivity index (χ3v) is 10.1. The standard InChI is InChI=1S/C31H37ClN2O5S/c1-3-6-28(35)25-11-8-23(25)18-34-19-31(14-5-7-21-16-24(32)10-12-26(21)31)20-39-29-13-9-22(17-27(29)34)30(36)33-40(37,38)15-4-2/h3-4,9-10,12-13,16-17,23,25,28,35H,1-2,5-8,11,14-15,18-20H2,(H,33,36)/t23-,25+,28-,31-/m0/s1. The number of amides is 1. The minimum Gasteiger partial charge on any atom is -0.490 e. The van der Waals surface area contributed by atoms with E-state index in [1.54, 1.807) is 24.3 Å². The Morgan fingerprint density at radius 3 is 2.77 bits per heavy atom. The van der Waals surface area contributed by atoms with Crippen LogP contribution in [0, 0.1) is 11.8 Å². The lowest BCUT2D eigenvalue weighted by molar-refractivity contribution is 0.0178. The molecule has 1 aliphatic heterocycles. The summed E-state index contributed by atoms with van der Waals surface area (Å²) in [5.41, 5.74) is 3.21. The van der Waals surface area contributed by atoms with Crippen LogP contribution in [0.1, 0.15) is 53.6 Å². The summed E-state index contributed by atoms with van der Waals surface area (Å²) in [7, 11) is -3.83. The van der Waals surface area contributed by atoms with E-state index in [9.17, 15) is 18.3 Å². The molecule has 0 unspecified atom stereocenters. The van der Waals surface area contributed by atoms with Crippen LogP contribution in [0.25, 0.3) is 0 Å². The van der Waals surface area contributed by atoms with Crippen LogP contribution >= 0.6 is 11.6 Å². The van der Waals surface area contributed by atoms with Crippen LogP contribution < -0.4 is 14.4 Å². The Balaban J connectivity index is 1.51. The quantitative estimate of drug-likeness (QED) is 0.402. The number of nitrogens with zero attached hydrogens (tertiary/aromatic N) is 1. The highest BCUT2D eigenvalue weighted by molar-refractivity contribution is 7.90. The third-order valence-electron chi connectivity index (χ3n) is 8.72. The fraction of sp³-hybridized carbons (Fsp3) is 0.452. The zero-order valence-electron chi connectivity index (χ0n) is 22.6. The number of sulfonamides is 1. The summed E-state index contributed by atoms with van der Waals surface area (Å²) >= 11 is 6.36. The summed E-state index contributed by atoms with van der Waals surface area (Å²) < 4.78 is 33.1. The van der Waals surface area contributed by atoms with Crippen molar-refractivity contribution in [3.8, 4) is 5.75 Å². The van der Waals surface area contributed by atoms with E-state index >= 15 is 0 Å². The second-order valence-corrected chi connectivity index (χ2v) is 13.6. The van der Waals surface area contributed by atoms with Crippen molar-refractivity contribution in [1.29, 1.82) is 0 Å². The minimum atomic E-state index is -3.83. The number of anilines is 1. The average Bonchev–Trinajstić information content (AvgIpc) is 3.03. The van der Waals surface area contributed by atoms with Crippen molar-refractivity contribution in [2.75, 3.05) is 30.3 Å². The summed E-state index contributed by atoms with van der Waals surface area (Å²) in [5.74, 6) is 0.0716. The van der Waals surface area contributed by atoms with Crippen LogP contribution in [0.15, 0.2) is 61.7 Å². The van der Waals surface area contributed by atoms with Gasteiger partial charge in [-0.2, -0.15) is 0 Å². The predicted molar refractivity (Wildman–Crippen MR) is 159 cm³/mol. The van der Waals surface area contributed by atoms with Crippen molar-refractivity contribution >= 4 is 33.2 Å². The van der Waals surface area contributed by atoms with E-state index < -0.39 is 22.0 Å². The number of carbonyl (C=O) groups excluding carboxylic acids is 1. The van der Waals surface area contributed by atoms with Gasteiger partial charge in [-0.05, 0) is 91.8 Å². The molecule has 214 valence electrons. The van der Waals surface area contributed by atoms with Gasteiger partial charge >= 0.3 is 0 Å². The summed E-state index contributed by atoms with van der Waals surface area (Å²) in [6.07, 6.45) is 8.03. The number of rotatable bonds is 9. The zero-order chi connectivity index (χ0) is 28.5. The van der Waals surface area contributed by atoms with Crippen molar-refractivity contribution in [2.45, 2.75) is 50.0 Å². The fourth-order valence-electron chi connectivity index (χ4n) is 6.61. The molecule has 1 saturated carbocycles. The van der Waals surface area contributed by atoms with Gasteiger partial charge in [0, 0.05) is 29.1 Å². The van der Waals surface area contributed by atoms with Gasteiger partial charge in [-0.3, -0.25) is 4.79 Å². The Bertz CT molecular complexity index is 1410. The van der Waals surface area contributed by atoms with E-state index in [2.05, 4.69) is 34.9 Å². The fourth-order valence-corrected chi connectivity index (χ4v) is 7.60. The SMILES string of the molecule is C=CC[C@H](O)[C@@H]1CC[C@H]1CN1C[C@@]2(CCCc3cc(Cl)ccc32)COc2ccc(C(=O)NS(=O)(=O)CC=C)cc21. The number of fused-ring (bicyclic) bond motifs is 3. The number of benzene rings is 2. The first-order chi connectivity index (χ1) is 19.1. The number of nitrogens with one attached hydrogen (secondary N) is 1. The van der Waals surface area contributed by atoms with Crippen molar-refractivity contribution in [2.24, 2.45) is 11.8 Å². The van der Waals surface area contributed by atoms with Gasteiger partial charge in [-0.15, -0.1) is 13.2 Å². The molecule has 40 heavy (non-hydrogen) atoms. The van der Waals surface area contributed by atoms with Crippen LogP contribution in [0.2, 0.25) is 5.02 Å². The number of hydrogen-bond donors (Lipinski definition) is 2. The summed E-state index contributed by atoms with van der Waals surface area (Å²) in [5, 5.41) is 11.5. The highest BCUT2D eigenvalue weighted by Gasteiger charge is 2.44. The van der Waals surface area contributed by atoms with Gasteiger partial charge in [0.05, 0.1) is 24.2 Å². The predicted octanol–water partition coefficient (Wildman–Crippen LogP) is 5.02. The number of aliphatic hydroxyl groups is 1. The number of ether oxygens (including phenoxy) is 1. The van der Waals surface area contributed by atoms with Crippen molar-refractivity contribution in [1.82, 2.24) is 4.72 Å². The van der Waals surface area contributed by atoms with Crippen LogP contribution in [0.3, 0.4) is 0 Å². The van der Waals surface area contributed by atoms with Crippen LogP contribution in [0.4, 0.5) is 5.69 Å². The van der Waals surface area contributed by atoms with E-state index in [-0.39, 0.29) is 28.6 Å². The maximum Gasteiger partial charge on any atom is 0.264 e. The van der Waals surface area contributed by atoms with Crippen molar-refractivity contribution in [3.05, 3.63) is 83.4 Å². The molecule has 0 bridgehead atoms. The van der Waals surface area contributed by atoms with Crippen molar-refractivity contribution in [3.63, 3.8) is 0 Å². The molecule has 2 aliphatic carbocycles. The van der Waals surface area contributed by atoms with Crippen LogP contribution in [0.5, 0.6) is 5.75 Å². The van der Waals surface area contributed by atoms with Gasteiger partial charge < -0.3 is 14.7 Å². The first-order valence-electron chi connectivity index (χ1n) is 13.9. The van der Waals surface area contributed by atoms with Gasteiger partial charge in [0.25, 0.3) is 5.91 Å². The Labute approximate surface area is 241 Å². The Morgan fingerprint density at radius 2 is 2.05 bits per heavy atom. The van der Waals surface area contributed by atoms with Gasteiger partial charge in [0.2, 0.25) is 10.0 Å². The lowest BCUT2D eigenvalue weighted by atomic mass is 9.68. The first kappa shape index (κ1) is 28.7. The average molecular weight is 585 g/mol. The molecular formula is C31H37ClN2O5S. The molecule has 5 rings (SSSR count). The molecule has 4 atom stereocenters. The lowest BCUT2D eigenvalue weighted by Gasteiger charge is -2.45. The molecule has 1 spiro atoms. The summed E-state index contributed by atoms with van der Waals surface area (Å²) in [6, 6.07) is 11.2. The monoisotopic (exact) mass is 584 g/mol. The summed E-state index contributed by atoms with van der Waals surface area (Å²) in [6.45, 7) is 9.10. The third kappa shape index (κ3) is 5.80. The molecule has 3 aliphatic rings. The molecule has 0 saturated heterocycles. The molecule has 2 N–H and O–H groups in total. The largest absolute Gasteiger partial charge is 0.490 e. The second-order valence-electron chi connectivity index (χ2n) is 11.4. The Kier molecular flexibility index (Phi) is 8.32. The van der Waals surface area contributed by atoms with Gasteiger partial charge in [-0.1, -0.05) is 29.8 Å². The Morgan fingerprint density at radius 1 is 1.23 bits per heavy atom. The molecule has 0 radical (unpaired) electrons. The highest BCUT2D eigenvalue weighted by atomic mass is 35.5. The molecule has 9 heteroatoms. The number of carbonyl (C=O) groups is 1. The maximum absolute atomic E-state index is 13.0. The minimum absolute atomic E-state index is 0.176. The maximum atomic E-state index is 13.0. The molecular weight excluding hydrogens is 548 g/mol. The topological polar surface area (TPSA) is 95.9 Å². The van der Waals surface area contributed by atoms with E-state index in [1.807, 2.05) is 6.07 Å². The molecule has 1 heterocycles. The van der Waals surface area contributed by atoms with Gasteiger partial charge in [0.15, 0.2) is 0 Å². The number of hydrogen-bond acceptors (Lipinski definition) is 6. The second kappa shape index (κ2) is 11.6. The number of aryl methyl sites for hydroxylation is 1. The van der Waals surface area contributed by atoms with E-state index in [0.29, 0.717) is 31.9 Å². The van der Waals surface area contributed by atoms with Gasteiger partial charge in [0.1, 0.15) is 5.75 Å². The molecule has 1 fully saturated rings. The number of halogens is 1.